The molecule has 0 atom stereocenters. The fraction of sp³-hybridized carbons (Fsp3) is 0.462. The number of thiophene rings is 1. The SMILES string of the molecule is Cc1cc(S(=O)(=O)Nc2cc(C(C)(C)C)[nH]n2)c(C)s1. The summed E-state index contributed by atoms with van der Waals surface area (Å²) in [7, 11) is -3.58. The number of aromatic amines is 1. The van der Waals surface area contributed by atoms with E-state index in [-0.39, 0.29) is 5.41 Å². The second-order valence-corrected chi connectivity index (χ2v) is 8.91. The van der Waals surface area contributed by atoms with E-state index in [1.165, 1.54) is 11.3 Å². The lowest BCUT2D eigenvalue weighted by Crippen LogP contribution is -2.13. The standard InChI is InChI=1S/C13H19N3O2S2/c1-8-6-10(9(2)19-8)20(17,18)16-12-7-11(14-15-12)13(3,4)5/h6-7H,1-5H3,(H2,14,15,16). The highest BCUT2D eigenvalue weighted by atomic mass is 32.2. The Morgan fingerprint density at radius 1 is 1.25 bits per heavy atom. The van der Waals surface area contributed by atoms with E-state index in [0.717, 1.165) is 15.4 Å². The number of sulfonamides is 1. The van der Waals surface area contributed by atoms with E-state index < -0.39 is 10.0 Å². The van der Waals surface area contributed by atoms with Crippen LogP contribution in [0.1, 0.15) is 36.2 Å². The van der Waals surface area contributed by atoms with Crippen molar-refractivity contribution >= 4 is 27.2 Å². The maximum absolute atomic E-state index is 12.3. The zero-order valence-electron chi connectivity index (χ0n) is 12.2. The summed E-state index contributed by atoms with van der Waals surface area (Å²) < 4.78 is 27.2. The van der Waals surface area contributed by atoms with Crippen molar-refractivity contribution < 1.29 is 8.42 Å². The van der Waals surface area contributed by atoms with Gasteiger partial charge < -0.3 is 0 Å². The van der Waals surface area contributed by atoms with Gasteiger partial charge in [0.1, 0.15) is 4.90 Å². The predicted molar refractivity (Wildman–Crippen MR) is 81.9 cm³/mol. The van der Waals surface area contributed by atoms with Crippen LogP contribution in [0.25, 0.3) is 0 Å². The summed E-state index contributed by atoms with van der Waals surface area (Å²) in [5.41, 5.74) is 0.777. The van der Waals surface area contributed by atoms with E-state index in [1.807, 2.05) is 27.7 Å². The zero-order chi connectivity index (χ0) is 15.1. The Kier molecular flexibility index (Phi) is 3.68. The minimum atomic E-state index is -3.58. The minimum absolute atomic E-state index is 0.106. The van der Waals surface area contributed by atoms with Crippen LogP contribution in [0.3, 0.4) is 0 Å². The van der Waals surface area contributed by atoms with Crippen molar-refractivity contribution in [1.29, 1.82) is 0 Å². The van der Waals surface area contributed by atoms with Crippen LogP contribution in [-0.4, -0.2) is 18.6 Å². The molecule has 0 saturated carbocycles. The van der Waals surface area contributed by atoms with Crippen molar-refractivity contribution in [2.24, 2.45) is 0 Å². The molecule has 0 radical (unpaired) electrons. The van der Waals surface area contributed by atoms with E-state index in [1.54, 1.807) is 19.1 Å². The molecule has 0 fully saturated rings. The number of anilines is 1. The first kappa shape index (κ1) is 15.1. The number of aromatic nitrogens is 2. The fourth-order valence-corrected chi connectivity index (χ4v) is 4.37. The molecule has 2 aromatic heterocycles. The highest BCUT2D eigenvalue weighted by molar-refractivity contribution is 7.93. The monoisotopic (exact) mass is 313 g/mol. The van der Waals surface area contributed by atoms with E-state index in [0.29, 0.717) is 10.7 Å². The third kappa shape index (κ3) is 3.04. The Morgan fingerprint density at radius 3 is 2.35 bits per heavy atom. The van der Waals surface area contributed by atoms with Crippen LogP contribution in [0, 0.1) is 13.8 Å². The molecular weight excluding hydrogens is 294 g/mol. The van der Waals surface area contributed by atoms with Gasteiger partial charge in [0.05, 0.1) is 0 Å². The molecule has 7 heteroatoms. The quantitative estimate of drug-likeness (QED) is 0.914. The molecule has 20 heavy (non-hydrogen) atoms. The highest BCUT2D eigenvalue weighted by Crippen LogP contribution is 2.27. The molecule has 0 spiro atoms. The predicted octanol–water partition coefficient (Wildman–Crippen LogP) is 3.19. The van der Waals surface area contributed by atoms with E-state index in [9.17, 15) is 8.42 Å². The lowest BCUT2D eigenvalue weighted by atomic mass is 9.92. The van der Waals surface area contributed by atoms with Gasteiger partial charge in [-0.3, -0.25) is 9.82 Å². The number of hydrogen-bond donors (Lipinski definition) is 2. The molecule has 0 aliphatic rings. The molecular formula is C13H19N3O2S2. The van der Waals surface area contributed by atoms with Crippen LogP contribution in [0.5, 0.6) is 0 Å². The first-order valence-corrected chi connectivity index (χ1v) is 8.55. The number of nitrogens with zero attached hydrogens (tertiary/aromatic N) is 1. The van der Waals surface area contributed by atoms with Crippen LogP contribution >= 0.6 is 11.3 Å². The summed E-state index contributed by atoms with van der Waals surface area (Å²) in [6.45, 7) is 9.79. The number of aryl methyl sites for hydroxylation is 2. The zero-order valence-corrected chi connectivity index (χ0v) is 13.9. The van der Waals surface area contributed by atoms with Crippen LogP contribution in [-0.2, 0) is 15.4 Å². The summed E-state index contributed by atoms with van der Waals surface area (Å²) in [4.78, 5) is 2.07. The number of rotatable bonds is 3. The second kappa shape index (κ2) is 4.89. The number of H-pyrrole nitrogens is 1. The molecule has 2 heterocycles. The van der Waals surface area contributed by atoms with Gasteiger partial charge in [0.2, 0.25) is 0 Å². The molecule has 5 nitrogen and oxygen atoms in total. The summed E-state index contributed by atoms with van der Waals surface area (Å²) in [6.07, 6.45) is 0. The van der Waals surface area contributed by atoms with Crippen LogP contribution < -0.4 is 4.72 Å². The third-order valence-corrected chi connectivity index (χ3v) is 5.49. The molecule has 0 bridgehead atoms. The molecule has 0 aromatic carbocycles. The lowest BCUT2D eigenvalue weighted by molar-refractivity contribution is 0.567. The Balaban J connectivity index is 2.29. The first-order valence-electron chi connectivity index (χ1n) is 6.25. The molecule has 0 aliphatic carbocycles. The Morgan fingerprint density at radius 2 is 1.90 bits per heavy atom. The third-order valence-electron chi connectivity index (χ3n) is 2.91. The van der Waals surface area contributed by atoms with Gasteiger partial charge in [-0.1, -0.05) is 20.8 Å². The molecule has 0 unspecified atom stereocenters. The summed E-state index contributed by atoms with van der Waals surface area (Å²) >= 11 is 1.47. The summed E-state index contributed by atoms with van der Waals surface area (Å²) in [5, 5.41) is 6.88. The van der Waals surface area contributed by atoms with Gasteiger partial charge in [0, 0.05) is 26.9 Å². The molecule has 0 amide bonds. The first-order chi connectivity index (χ1) is 9.09. The van der Waals surface area contributed by atoms with Crippen molar-refractivity contribution in [3.8, 4) is 0 Å². The van der Waals surface area contributed by atoms with E-state index in [2.05, 4.69) is 14.9 Å². The van der Waals surface area contributed by atoms with Gasteiger partial charge >= 0.3 is 0 Å². The van der Waals surface area contributed by atoms with Crippen molar-refractivity contribution in [2.75, 3.05) is 4.72 Å². The van der Waals surface area contributed by atoms with Crippen molar-refractivity contribution in [3.63, 3.8) is 0 Å². The van der Waals surface area contributed by atoms with Crippen LogP contribution in [0.15, 0.2) is 17.0 Å². The average molecular weight is 313 g/mol. The van der Waals surface area contributed by atoms with Gasteiger partial charge in [0.15, 0.2) is 5.82 Å². The molecule has 110 valence electrons. The molecule has 2 rings (SSSR count). The average Bonchev–Trinajstić information content (AvgIpc) is 2.84. The van der Waals surface area contributed by atoms with Crippen molar-refractivity contribution in [3.05, 3.63) is 27.6 Å². The van der Waals surface area contributed by atoms with Crippen molar-refractivity contribution in [1.82, 2.24) is 10.2 Å². The number of hydrogen-bond acceptors (Lipinski definition) is 4. The van der Waals surface area contributed by atoms with E-state index >= 15 is 0 Å². The van der Waals surface area contributed by atoms with Gasteiger partial charge in [-0.15, -0.1) is 11.3 Å². The van der Waals surface area contributed by atoms with Gasteiger partial charge in [-0.2, -0.15) is 5.10 Å². The molecule has 2 N–H and O–H groups in total. The van der Waals surface area contributed by atoms with Crippen molar-refractivity contribution in [2.45, 2.75) is 44.9 Å². The smallest absolute Gasteiger partial charge is 0.264 e. The maximum Gasteiger partial charge on any atom is 0.264 e. The highest BCUT2D eigenvalue weighted by Gasteiger charge is 2.22. The van der Waals surface area contributed by atoms with E-state index in [4.69, 9.17) is 0 Å². The largest absolute Gasteiger partial charge is 0.280 e. The molecule has 0 aliphatic heterocycles. The van der Waals surface area contributed by atoms with Crippen LogP contribution in [0.2, 0.25) is 0 Å². The number of nitrogens with one attached hydrogen (secondary N) is 2. The summed E-state index contributed by atoms with van der Waals surface area (Å²) in [5.74, 6) is 0.318. The Labute approximate surface area is 123 Å². The van der Waals surface area contributed by atoms with Gasteiger partial charge in [-0.05, 0) is 19.9 Å². The molecule has 0 saturated heterocycles. The normalized spacial score (nSPS) is 12.7. The maximum atomic E-state index is 12.3. The Hall–Kier alpha value is -1.34. The van der Waals surface area contributed by atoms with Gasteiger partial charge in [0.25, 0.3) is 10.0 Å². The topological polar surface area (TPSA) is 74.8 Å². The molecule has 2 aromatic rings. The van der Waals surface area contributed by atoms with Gasteiger partial charge in [-0.25, -0.2) is 8.42 Å². The Bertz CT molecular complexity index is 721. The fourth-order valence-electron chi connectivity index (χ4n) is 1.83. The lowest BCUT2D eigenvalue weighted by Gasteiger charge is -2.14. The minimum Gasteiger partial charge on any atom is -0.280 e. The summed E-state index contributed by atoms with van der Waals surface area (Å²) in [6, 6.07) is 3.41. The second-order valence-electron chi connectivity index (χ2n) is 5.80. The van der Waals surface area contributed by atoms with Crippen LogP contribution in [0.4, 0.5) is 5.82 Å².